The van der Waals surface area contributed by atoms with E-state index < -0.39 is 7.14 Å². The minimum atomic E-state index is -3.15. The maximum Gasteiger partial charge on any atom is 0.147 e. The van der Waals surface area contributed by atoms with Crippen molar-refractivity contribution in [3.63, 3.8) is 0 Å². The Balaban J connectivity index is 0.000000163. The van der Waals surface area contributed by atoms with Crippen LogP contribution in [0.5, 0.6) is 0 Å². The Kier molecular flexibility index (Phi) is 11.7. The van der Waals surface area contributed by atoms with Gasteiger partial charge in [0.05, 0.1) is 0 Å². The van der Waals surface area contributed by atoms with Crippen molar-refractivity contribution < 1.29 is 24.7 Å². The largest absolute Gasteiger partial charge is 0.311 e. The van der Waals surface area contributed by atoms with E-state index in [-0.39, 0.29) is 20.1 Å². The van der Waals surface area contributed by atoms with E-state index in [0.717, 1.165) is 65.4 Å². The molecule has 0 unspecified atom stereocenters. The second kappa shape index (κ2) is 17.4. The Morgan fingerprint density at radius 1 is 0.474 bits per heavy atom. The summed E-state index contributed by atoms with van der Waals surface area (Å²) >= 11 is 0. The van der Waals surface area contributed by atoms with Gasteiger partial charge in [0.1, 0.15) is 7.14 Å². The molecule has 0 aliphatic heterocycles. The molecule has 0 amide bonds. The predicted octanol–water partition coefficient (Wildman–Crippen LogP) is 12.6. The quantitative estimate of drug-likeness (QED) is 0.123. The van der Waals surface area contributed by atoms with Crippen LogP contribution in [0.4, 0.5) is 0 Å². The molecule has 0 spiro atoms. The molecule has 8 aromatic carbocycles. The second-order valence-corrected chi connectivity index (χ2v) is 17.6. The molecule has 1 heterocycles. The van der Waals surface area contributed by atoms with Gasteiger partial charge >= 0.3 is 0 Å². The summed E-state index contributed by atoms with van der Waals surface area (Å²) in [6.45, 7) is 0. The van der Waals surface area contributed by atoms with Gasteiger partial charge in [-0.25, -0.2) is 0 Å². The Morgan fingerprint density at radius 3 is 1.60 bits per heavy atom. The number of benzene rings is 8. The van der Waals surface area contributed by atoms with Crippen LogP contribution in [0.2, 0.25) is 0 Å². The molecule has 1 fully saturated rings. The molecule has 1 aromatic heterocycles. The average molecular weight is 932 g/mol. The van der Waals surface area contributed by atoms with Crippen molar-refractivity contribution >= 4 is 55.4 Å². The summed E-state index contributed by atoms with van der Waals surface area (Å²) in [6.07, 6.45) is 7.05. The maximum atomic E-state index is 15.1. The molecule has 4 heteroatoms. The minimum Gasteiger partial charge on any atom is -0.311 e. The van der Waals surface area contributed by atoms with E-state index in [0.29, 0.717) is 5.92 Å². The first-order valence-corrected chi connectivity index (χ1v) is 21.3. The molecule has 0 N–H and O–H groups in total. The number of hydrogen-bond acceptors (Lipinski definition) is 2. The fourth-order valence-corrected chi connectivity index (χ4v) is 11.0. The molecule has 2 nitrogen and oxygen atoms in total. The molecule has 1 aliphatic carbocycles. The van der Waals surface area contributed by atoms with Gasteiger partial charge in [-0.1, -0.05) is 138 Å². The van der Waals surface area contributed by atoms with Crippen LogP contribution in [-0.2, 0) is 24.7 Å². The van der Waals surface area contributed by atoms with Crippen LogP contribution in [0.25, 0.3) is 43.6 Å². The van der Waals surface area contributed by atoms with Crippen molar-refractivity contribution in [1.29, 1.82) is 0 Å². The first kappa shape index (κ1) is 38.4. The van der Waals surface area contributed by atoms with Gasteiger partial charge in [0.2, 0.25) is 0 Å². The van der Waals surface area contributed by atoms with Crippen LogP contribution in [0.3, 0.4) is 0 Å². The number of aromatic nitrogens is 1. The summed E-state index contributed by atoms with van der Waals surface area (Å²) < 4.78 is 15.1. The van der Waals surface area contributed by atoms with Crippen LogP contribution < -0.4 is 15.9 Å². The zero-order chi connectivity index (χ0) is 37.7. The van der Waals surface area contributed by atoms with E-state index in [2.05, 4.69) is 126 Å². The molecule has 0 atom stereocenters. The molecular formula is C53H42IrNOP-2. The third-order valence-electron chi connectivity index (χ3n) is 11.4. The van der Waals surface area contributed by atoms with E-state index in [4.69, 9.17) is 0 Å². The summed E-state index contributed by atoms with van der Waals surface area (Å²) in [7, 11) is -3.15. The van der Waals surface area contributed by atoms with E-state index in [9.17, 15) is 0 Å². The zero-order valence-electron chi connectivity index (χ0n) is 31.6. The topological polar surface area (TPSA) is 30.0 Å². The van der Waals surface area contributed by atoms with Crippen LogP contribution in [-0.4, -0.2) is 4.98 Å². The fourth-order valence-electron chi connectivity index (χ4n) is 8.35. The summed E-state index contributed by atoms with van der Waals surface area (Å²) in [4.78, 5) is 4.54. The Bertz CT molecular complexity index is 2610. The van der Waals surface area contributed by atoms with Gasteiger partial charge in [0, 0.05) is 36.9 Å². The molecule has 10 rings (SSSR count). The molecular weight excluding hydrogens is 890 g/mol. The van der Waals surface area contributed by atoms with Crippen molar-refractivity contribution in [2.24, 2.45) is 0 Å². The standard InChI is InChI=1S/C30H20OP.C23H22N.Ir/c31-32(28-16-13-22-7-1-4-10-25(22)19-28,29-17-14-23-8-2-5-11-26(23)20-29)30-18-15-24-9-3-6-12-27(24)21-30;1-3-7-18(8-4-1)19-11-13-20(14-12-19)22-15-16-24-23(17-22)21-9-5-2-6-10-21;/h1-17,19-21H;1-9,15-17,19-20H,11-14H2;/q2*-1;. The molecule has 281 valence electrons. The third-order valence-corrected chi connectivity index (χ3v) is 14.4. The van der Waals surface area contributed by atoms with Crippen LogP contribution in [0.15, 0.2) is 194 Å². The number of fused-ring (bicyclic) bond motifs is 3. The monoisotopic (exact) mass is 932 g/mol. The summed E-state index contributed by atoms with van der Waals surface area (Å²) in [5, 5.41) is 9.03. The van der Waals surface area contributed by atoms with Gasteiger partial charge in [0.25, 0.3) is 0 Å². The first-order chi connectivity index (χ1) is 27.6. The molecule has 1 aliphatic rings. The van der Waals surface area contributed by atoms with E-state index >= 15 is 4.57 Å². The Hall–Kier alpha value is -5.43. The minimum absolute atomic E-state index is 0. The number of nitrogens with zero attached hydrogens (tertiary/aromatic N) is 1. The fraction of sp³-hybridized carbons (Fsp3) is 0.113. The van der Waals surface area contributed by atoms with Crippen molar-refractivity contribution in [3.05, 3.63) is 218 Å². The van der Waals surface area contributed by atoms with Gasteiger partial charge in [0.15, 0.2) is 0 Å². The molecule has 0 bridgehead atoms. The number of rotatable bonds is 6. The summed E-state index contributed by atoms with van der Waals surface area (Å²) in [5.74, 6) is 1.39. The number of hydrogen-bond donors (Lipinski definition) is 0. The van der Waals surface area contributed by atoms with Crippen molar-refractivity contribution in [2.45, 2.75) is 37.5 Å². The SMILES string of the molecule is O=P(c1[c-]cc2ccccc2c1)(c1ccc2ccccc2c1)c1ccc2ccccc2c1.[Ir].[c-]1ccccc1-c1cc(C2CCC(c3ccccc3)CC2)ccn1. The van der Waals surface area contributed by atoms with Crippen LogP contribution >= 0.6 is 7.14 Å². The van der Waals surface area contributed by atoms with Gasteiger partial charge < -0.3 is 9.55 Å². The average Bonchev–Trinajstić information content (AvgIpc) is 3.29. The zero-order valence-corrected chi connectivity index (χ0v) is 34.9. The van der Waals surface area contributed by atoms with Gasteiger partial charge in [-0.2, -0.15) is 18.2 Å². The van der Waals surface area contributed by atoms with E-state index in [1.807, 2.05) is 85.1 Å². The third kappa shape index (κ3) is 8.21. The summed E-state index contributed by atoms with van der Waals surface area (Å²) in [6, 6.07) is 71.1. The second-order valence-electron chi connectivity index (χ2n) is 14.8. The molecule has 57 heavy (non-hydrogen) atoms. The molecule has 0 saturated heterocycles. The molecule has 1 saturated carbocycles. The van der Waals surface area contributed by atoms with Crippen LogP contribution in [0, 0.1) is 12.1 Å². The molecule has 1 radical (unpaired) electrons. The van der Waals surface area contributed by atoms with Gasteiger partial charge in [-0.3, -0.25) is 0 Å². The van der Waals surface area contributed by atoms with E-state index in [1.54, 1.807) is 0 Å². The van der Waals surface area contributed by atoms with Gasteiger partial charge in [-0.05, 0) is 88.5 Å². The maximum absolute atomic E-state index is 15.1. The normalized spacial score (nSPS) is 15.4. The Morgan fingerprint density at radius 2 is 1.00 bits per heavy atom. The summed E-state index contributed by atoms with van der Waals surface area (Å²) in [5.41, 5.74) is 5.06. The number of pyridine rings is 1. The van der Waals surface area contributed by atoms with E-state index in [1.165, 1.54) is 36.8 Å². The van der Waals surface area contributed by atoms with Crippen molar-refractivity contribution in [3.8, 4) is 11.3 Å². The van der Waals surface area contributed by atoms with Gasteiger partial charge in [-0.15, -0.1) is 52.7 Å². The van der Waals surface area contributed by atoms with Crippen LogP contribution in [0.1, 0.15) is 48.6 Å². The Labute approximate surface area is 349 Å². The van der Waals surface area contributed by atoms with Crippen molar-refractivity contribution in [1.82, 2.24) is 4.98 Å². The smallest absolute Gasteiger partial charge is 0.147 e. The molecule has 9 aromatic rings. The predicted molar refractivity (Wildman–Crippen MR) is 236 cm³/mol. The van der Waals surface area contributed by atoms with Crippen molar-refractivity contribution in [2.75, 3.05) is 0 Å². The first-order valence-electron chi connectivity index (χ1n) is 19.6.